The molecule has 1 saturated heterocycles. The molecule has 2 atom stereocenters. The lowest BCUT2D eigenvalue weighted by Gasteiger charge is -2.43. The Morgan fingerprint density at radius 3 is 2.59 bits per heavy atom. The number of hydrogen-bond donors (Lipinski definition) is 1. The van der Waals surface area contributed by atoms with Crippen molar-refractivity contribution in [2.24, 2.45) is 0 Å². The molecule has 180 valence electrons. The maximum atomic E-state index is 13.1. The van der Waals surface area contributed by atoms with Gasteiger partial charge < -0.3 is 10.2 Å². The highest BCUT2D eigenvalue weighted by atomic mass is 35.5. The Balaban J connectivity index is 1.53. The van der Waals surface area contributed by atoms with Crippen LogP contribution in [0.1, 0.15) is 39.1 Å². The lowest BCUT2D eigenvalue weighted by atomic mass is 10.1. The van der Waals surface area contributed by atoms with Crippen molar-refractivity contribution in [2.45, 2.75) is 45.8 Å². The molecule has 1 aromatic heterocycles. The van der Waals surface area contributed by atoms with E-state index >= 15 is 0 Å². The predicted octanol–water partition coefficient (Wildman–Crippen LogP) is 5.41. The van der Waals surface area contributed by atoms with Crippen molar-refractivity contribution in [1.29, 1.82) is 0 Å². The van der Waals surface area contributed by atoms with Crippen LogP contribution in [0.2, 0.25) is 10.0 Å². The number of rotatable bonds is 5. The molecular weight excluding hydrogens is 473 g/mol. The molecule has 9 heteroatoms. The molecule has 0 bridgehead atoms. The van der Waals surface area contributed by atoms with Crippen LogP contribution in [-0.4, -0.2) is 51.1 Å². The summed E-state index contributed by atoms with van der Waals surface area (Å²) in [4.78, 5) is 35.1. The van der Waals surface area contributed by atoms with Crippen molar-refractivity contribution in [3.63, 3.8) is 0 Å². The van der Waals surface area contributed by atoms with Crippen molar-refractivity contribution >= 4 is 45.8 Å². The molecule has 0 radical (unpaired) electrons. The van der Waals surface area contributed by atoms with Crippen molar-refractivity contribution in [2.75, 3.05) is 25.0 Å². The monoisotopic (exact) mass is 501 g/mol. The number of carbonyl (C=O) groups excluding carboxylic acids is 1. The van der Waals surface area contributed by atoms with Crippen molar-refractivity contribution in [1.82, 2.24) is 19.4 Å². The van der Waals surface area contributed by atoms with Crippen LogP contribution in [0.15, 0.2) is 47.3 Å². The van der Waals surface area contributed by atoms with E-state index in [2.05, 4.69) is 17.1 Å². The Labute approximate surface area is 209 Å². The number of amides is 2. The van der Waals surface area contributed by atoms with E-state index in [4.69, 9.17) is 28.2 Å². The minimum Gasteiger partial charge on any atom is -0.319 e. The molecular formula is C25H29Cl2N5O2. The van der Waals surface area contributed by atoms with Gasteiger partial charge in [-0.05, 0) is 50.6 Å². The number of piperazine rings is 1. The van der Waals surface area contributed by atoms with Gasteiger partial charge in [0.2, 0.25) is 0 Å². The topological polar surface area (TPSA) is 70.5 Å². The molecule has 0 saturated carbocycles. The Morgan fingerprint density at radius 2 is 1.91 bits per heavy atom. The van der Waals surface area contributed by atoms with Gasteiger partial charge in [0.1, 0.15) is 5.82 Å². The summed E-state index contributed by atoms with van der Waals surface area (Å²) >= 11 is 12.1. The lowest BCUT2D eigenvalue weighted by Crippen LogP contribution is -2.56. The molecule has 2 unspecified atom stereocenters. The van der Waals surface area contributed by atoms with E-state index in [-0.39, 0.29) is 23.7 Å². The largest absolute Gasteiger partial charge is 0.322 e. The van der Waals surface area contributed by atoms with Crippen LogP contribution in [0.4, 0.5) is 10.5 Å². The van der Waals surface area contributed by atoms with Crippen LogP contribution in [0.5, 0.6) is 0 Å². The van der Waals surface area contributed by atoms with E-state index in [0.717, 1.165) is 17.8 Å². The third-order valence-corrected chi connectivity index (χ3v) is 7.16. The summed E-state index contributed by atoms with van der Waals surface area (Å²) in [5.41, 5.74) is 1.32. The minimum atomic E-state index is -0.173. The zero-order valence-electron chi connectivity index (χ0n) is 19.6. The van der Waals surface area contributed by atoms with E-state index in [1.807, 2.05) is 43.0 Å². The number of anilines is 1. The first-order valence-electron chi connectivity index (χ1n) is 11.6. The molecule has 2 amide bonds. The summed E-state index contributed by atoms with van der Waals surface area (Å²) < 4.78 is 1.78. The van der Waals surface area contributed by atoms with Gasteiger partial charge in [-0.1, -0.05) is 42.3 Å². The van der Waals surface area contributed by atoms with Crippen LogP contribution in [0.3, 0.4) is 0 Å². The summed E-state index contributed by atoms with van der Waals surface area (Å²) in [6.07, 6.45) is 0.812. The van der Waals surface area contributed by atoms with E-state index < -0.39 is 0 Å². The Kier molecular flexibility index (Phi) is 7.45. The maximum absolute atomic E-state index is 13.1. The first kappa shape index (κ1) is 24.5. The number of aromatic nitrogens is 2. The van der Waals surface area contributed by atoms with Crippen LogP contribution in [-0.2, 0) is 6.54 Å². The van der Waals surface area contributed by atoms with Crippen molar-refractivity contribution in [3.05, 3.63) is 68.7 Å². The van der Waals surface area contributed by atoms with Crippen molar-refractivity contribution < 1.29 is 4.79 Å². The van der Waals surface area contributed by atoms with Gasteiger partial charge in [0.05, 0.1) is 27.0 Å². The lowest BCUT2D eigenvalue weighted by molar-refractivity contribution is 0.0718. The van der Waals surface area contributed by atoms with E-state index in [1.165, 1.54) is 0 Å². The van der Waals surface area contributed by atoms with Crippen LogP contribution in [0, 0.1) is 0 Å². The van der Waals surface area contributed by atoms with Crippen LogP contribution in [0.25, 0.3) is 10.9 Å². The molecule has 3 aromatic rings. The number of fused-ring (bicyclic) bond motifs is 1. The zero-order chi connectivity index (χ0) is 24.4. The molecule has 4 rings (SSSR count). The zero-order valence-corrected chi connectivity index (χ0v) is 21.1. The number of benzene rings is 2. The van der Waals surface area contributed by atoms with Gasteiger partial charge >= 0.3 is 6.03 Å². The van der Waals surface area contributed by atoms with Gasteiger partial charge in [-0.2, -0.15) is 0 Å². The second kappa shape index (κ2) is 10.3. The van der Waals surface area contributed by atoms with Crippen molar-refractivity contribution in [3.8, 4) is 0 Å². The molecule has 2 aromatic carbocycles. The number of nitrogens with zero attached hydrogens (tertiary/aromatic N) is 4. The van der Waals surface area contributed by atoms with E-state index in [0.29, 0.717) is 47.3 Å². The summed E-state index contributed by atoms with van der Waals surface area (Å²) in [5, 5.41) is 4.39. The summed E-state index contributed by atoms with van der Waals surface area (Å²) in [6.45, 7) is 8.61. The van der Waals surface area contributed by atoms with Gasteiger partial charge in [-0.3, -0.25) is 14.3 Å². The van der Waals surface area contributed by atoms with Crippen LogP contribution >= 0.6 is 23.2 Å². The number of hydrogen-bond acceptors (Lipinski definition) is 4. The van der Waals surface area contributed by atoms with Gasteiger partial charge in [0.25, 0.3) is 5.56 Å². The van der Waals surface area contributed by atoms with E-state index in [1.54, 1.807) is 22.8 Å². The quantitative estimate of drug-likeness (QED) is 0.507. The maximum Gasteiger partial charge on any atom is 0.322 e. The SMILES string of the molecule is CCC(c1nc2ccccc2c(=O)n1CC)N1CCN(C(=O)Nc2ccc(Cl)c(Cl)c2)C(C)C1. The number of halogens is 2. The highest BCUT2D eigenvalue weighted by Gasteiger charge is 2.33. The van der Waals surface area contributed by atoms with Gasteiger partial charge in [0, 0.05) is 37.9 Å². The molecule has 1 aliphatic rings. The molecule has 34 heavy (non-hydrogen) atoms. The third-order valence-electron chi connectivity index (χ3n) is 6.42. The molecule has 0 spiro atoms. The van der Waals surface area contributed by atoms with Crippen LogP contribution < -0.4 is 10.9 Å². The molecule has 1 aliphatic heterocycles. The first-order chi connectivity index (χ1) is 16.3. The fourth-order valence-electron chi connectivity index (χ4n) is 4.69. The number of para-hydroxylation sites is 1. The number of urea groups is 1. The molecule has 0 aliphatic carbocycles. The second-order valence-electron chi connectivity index (χ2n) is 8.56. The van der Waals surface area contributed by atoms with Gasteiger partial charge in [0.15, 0.2) is 0 Å². The molecule has 2 heterocycles. The Bertz CT molecular complexity index is 1260. The highest BCUT2D eigenvalue weighted by Crippen LogP contribution is 2.28. The molecule has 1 fully saturated rings. The van der Waals surface area contributed by atoms with Gasteiger partial charge in [-0.15, -0.1) is 0 Å². The fraction of sp³-hybridized carbons (Fsp3) is 0.400. The molecule has 1 N–H and O–H groups in total. The first-order valence-corrected chi connectivity index (χ1v) is 12.4. The predicted molar refractivity (Wildman–Crippen MR) is 138 cm³/mol. The second-order valence-corrected chi connectivity index (χ2v) is 9.37. The fourth-order valence-corrected chi connectivity index (χ4v) is 4.99. The third kappa shape index (κ3) is 4.78. The highest BCUT2D eigenvalue weighted by molar-refractivity contribution is 6.42. The normalized spacial score (nSPS) is 17.7. The standard InChI is InChI=1S/C25H29Cl2N5O2/c1-4-22(23-29-21-9-7-6-8-18(21)24(33)31(23)5-2)30-12-13-32(16(3)15-30)25(34)28-17-10-11-19(26)20(27)14-17/h6-11,14,16,22H,4-5,12-13,15H2,1-3H3,(H,28,34). The summed E-state index contributed by atoms with van der Waals surface area (Å²) in [5.74, 6) is 0.787. The summed E-state index contributed by atoms with van der Waals surface area (Å²) in [7, 11) is 0. The van der Waals surface area contributed by atoms with E-state index in [9.17, 15) is 9.59 Å². The van der Waals surface area contributed by atoms with Gasteiger partial charge in [-0.25, -0.2) is 9.78 Å². The molecule has 7 nitrogen and oxygen atoms in total. The minimum absolute atomic E-state index is 0.00534. The number of carbonyl (C=O) groups is 1. The average molecular weight is 502 g/mol. The smallest absolute Gasteiger partial charge is 0.319 e. The Morgan fingerprint density at radius 1 is 1.15 bits per heavy atom. The Hall–Kier alpha value is -2.61. The average Bonchev–Trinajstić information content (AvgIpc) is 2.82. The number of nitrogens with one attached hydrogen (secondary N) is 1. The summed E-state index contributed by atoms with van der Waals surface area (Å²) in [6, 6.07) is 12.3.